The molecule has 0 saturated heterocycles. The van der Waals surface area contributed by atoms with Crippen LogP contribution in [0.2, 0.25) is 0 Å². The van der Waals surface area contributed by atoms with Gasteiger partial charge in [0.15, 0.2) is 0 Å². The number of nitrogens with one attached hydrogen (secondary N) is 3. The van der Waals surface area contributed by atoms with Crippen LogP contribution >= 0.6 is 0 Å². The van der Waals surface area contributed by atoms with Gasteiger partial charge in [0, 0.05) is 17.4 Å². The molecule has 1 aromatic heterocycles. The van der Waals surface area contributed by atoms with Crippen LogP contribution in [0.1, 0.15) is 52.9 Å². The van der Waals surface area contributed by atoms with Gasteiger partial charge in [0.2, 0.25) is 10.0 Å². The van der Waals surface area contributed by atoms with E-state index in [0.29, 0.717) is 28.9 Å². The summed E-state index contributed by atoms with van der Waals surface area (Å²) < 4.78 is 31.6. The summed E-state index contributed by atoms with van der Waals surface area (Å²) in [6.07, 6.45) is 0.536. The van der Waals surface area contributed by atoms with Gasteiger partial charge in [-0.3, -0.25) is 4.79 Å². The predicted octanol–water partition coefficient (Wildman–Crippen LogP) is 2.61. The van der Waals surface area contributed by atoms with Gasteiger partial charge in [-0.1, -0.05) is 6.92 Å². The average Bonchev–Trinajstić information content (AvgIpc) is 2.97. The van der Waals surface area contributed by atoms with E-state index < -0.39 is 21.9 Å². The van der Waals surface area contributed by atoms with E-state index in [1.165, 1.54) is 31.4 Å². The lowest BCUT2D eigenvalue weighted by molar-refractivity contribution is 0.0599. The molecule has 1 heterocycles. The highest BCUT2D eigenvalue weighted by Gasteiger charge is 2.24. The van der Waals surface area contributed by atoms with Crippen LogP contribution in [0.4, 0.5) is 5.69 Å². The highest BCUT2D eigenvalue weighted by molar-refractivity contribution is 7.89. The number of H-pyrrole nitrogens is 1. The minimum Gasteiger partial charge on any atom is -0.465 e. The Morgan fingerprint density at radius 2 is 1.79 bits per heavy atom. The molecule has 1 aromatic carbocycles. The topological polar surface area (TPSA) is 117 Å². The van der Waals surface area contributed by atoms with Gasteiger partial charge in [0.25, 0.3) is 5.91 Å². The molecule has 2 aromatic rings. The number of aromatic nitrogens is 1. The Labute approximate surface area is 164 Å². The molecule has 1 amide bonds. The van der Waals surface area contributed by atoms with Crippen molar-refractivity contribution >= 4 is 27.6 Å². The Bertz CT molecular complexity index is 976. The Hall–Kier alpha value is -2.65. The second kappa shape index (κ2) is 8.57. The number of anilines is 1. The number of amides is 1. The number of methoxy groups -OCH3 is 1. The monoisotopic (exact) mass is 407 g/mol. The maximum atomic E-state index is 12.6. The standard InChI is InChI=1S/C19H25N3O5S/c1-6-15-16(19(24)27-5)12(4)17(21-15)18(23)20-13-7-9-14(10-8-13)28(25,26)22-11(2)3/h7-11,21-22H,6H2,1-5H3,(H,20,23). The number of ether oxygens (including phenoxy) is 1. The largest absolute Gasteiger partial charge is 0.465 e. The van der Waals surface area contributed by atoms with Crippen LogP contribution in [-0.2, 0) is 21.2 Å². The van der Waals surface area contributed by atoms with Crippen molar-refractivity contribution < 1.29 is 22.7 Å². The summed E-state index contributed by atoms with van der Waals surface area (Å²) in [5.74, 6) is -0.935. The van der Waals surface area contributed by atoms with Crippen LogP contribution < -0.4 is 10.0 Å². The second-order valence-electron chi connectivity index (χ2n) is 6.58. The summed E-state index contributed by atoms with van der Waals surface area (Å²) in [7, 11) is -2.31. The molecular weight excluding hydrogens is 382 g/mol. The number of rotatable bonds is 7. The first-order chi connectivity index (χ1) is 13.1. The third kappa shape index (κ3) is 4.60. The molecule has 0 unspecified atom stereocenters. The molecule has 0 saturated carbocycles. The Kier molecular flexibility index (Phi) is 6.63. The number of aryl methyl sites for hydroxylation is 1. The summed E-state index contributed by atoms with van der Waals surface area (Å²) in [6.45, 7) is 7.00. The molecule has 0 aliphatic rings. The van der Waals surface area contributed by atoms with Gasteiger partial charge in [0.1, 0.15) is 5.69 Å². The predicted molar refractivity (Wildman–Crippen MR) is 106 cm³/mol. The van der Waals surface area contributed by atoms with E-state index in [-0.39, 0.29) is 16.6 Å². The van der Waals surface area contributed by atoms with Crippen molar-refractivity contribution in [2.45, 2.75) is 45.1 Å². The fourth-order valence-electron chi connectivity index (χ4n) is 2.82. The fourth-order valence-corrected chi connectivity index (χ4v) is 4.07. The molecule has 28 heavy (non-hydrogen) atoms. The first-order valence-electron chi connectivity index (χ1n) is 8.84. The van der Waals surface area contributed by atoms with Crippen LogP contribution in [0, 0.1) is 6.92 Å². The third-order valence-electron chi connectivity index (χ3n) is 4.11. The van der Waals surface area contributed by atoms with Crippen LogP contribution in [0.25, 0.3) is 0 Å². The van der Waals surface area contributed by atoms with Crippen molar-refractivity contribution in [3.8, 4) is 0 Å². The molecule has 152 valence electrons. The van der Waals surface area contributed by atoms with Crippen molar-refractivity contribution in [3.05, 3.63) is 46.8 Å². The van der Waals surface area contributed by atoms with Crippen molar-refractivity contribution in [1.82, 2.24) is 9.71 Å². The SMILES string of the molecule is CCc1[nH]c(C(=O)Nc2ccc(S(=O)(=O)NC(C)C)cc2)c(C)c1C(=O)OC. The summed E-state index contributed by atoms with van der Waals surface area (Å²) in [4.78, 5) is 27.7. The lowest BCUT2D eigenvalue weighted by atomic mass is 10.1. The van der Waals surface area contributed by atoms with Gasteiger partial charge in [-0.05, 0) is 57.0 Å². The number of esters is 1. The Balaban J connectivity index is 2.24. The number of carbonyl (C=O) groups excluding carboxylic acids is 2. The smallest absolute Gasteiger partial charge is 0.339 e. The summed E-state index contributed by atoms with van der Waals surface area (Å²) in [5.41, 5.74) is 2.17. The van der Waals surface area contributed by atoms with Gasteiger partial charge < -0.3 is 15.0 Å². The van der Waals surface area contributed by atoms with E-state index in [1.807, 2.05) is 6.92 Å². The van der Waals surface area contributed by atoms with Gasteiger partial charge in [-0.15, -0.1) is 0 Å². The first-order valence-corrected chi connectivity index (χ1v) is 10.3. The van der Waals surface area contributed by atoms with Crippen LogP contribution in [0.3, 0.4) is 0 Å². The van der Waals surface area contributed by atoms with Crippen molar-refractivity contribution in [2.24, 2.45) is 0 Å². The summed E-state index contributed by atoms with van der Waals surface area (Å²) in [6, 6.07) is 5.62. The molecule has 8 nitrogen and oxygen atoms in total. The molecule has 2 rings (SSSR count). The van der Waals surface area contributed by atoms with Crippen molar-refractivity contribution in [3.63, 3.8) is 0 Å². The van der Waals surface area contributed by atoms with E-state index in [1.54, 1.807) is 20.8 Å². The molecular formula is C19H25N3O5S. The normalized spacial score (nSPS) is 11.5. The highest BCUT2D eigenvalue weighted by Crippen LogP contribution is 2.22. The van der Waals surface area contributed by atoms with E-state index in [0.717, 1.165) is 0 Å². The molecule has 0 radical (unpaired) electrons. The first kappa shape index (κ1) is 21.6. The number of hydrogen-bond acceptors (Lipinski definition) is 5. The number of aromatic amines is 1. The van der Waals surface area contributed by atoms with Gasteiger partial charge in [0.05, 0.1) is 17.6 Å². The average molecular weight is 407 g/mol. The Morgan fingerprint density at radius 3 is 2.29 bits per heavy atom. The second-order valence-corrected chi connectivity index (χ2v) is 8.29. The van der Waals surface area contributed by atoms with Crippen LogP contribution in [0.15, 0.2) is 29.2 Å². The zero-order valence-corrected chi connectivity index (χ0v) is 17.4. The molecule has 9 heteroatoms. The fraction of sp³-hybridized carbons (Fsp3) is 0.368. The van der Waals surface area contributed by atoms with Gasteiger partial charge in [-0.2, -0.15) is 0 Å². The van der Waals surface area contributed by atoms with E-state index in [4.69, 9.17) is 4.74 Å². The number of sulfonamides is 1. The molecule has 0 fully saturated rings. The highest BCUT2D eigenvalue weighted by atomic mass is 32.2. The van der Waals surface area contributed by atoms with E-state index in [2.05, 4.69) is 15.0 Å². The molecule has 0 atom stereocenters. The van der Waals surface area contributed by atoms with Gasteiger partial charge in [-0.25, -0.2) is 17.9 Å². The minimum atomic E-state index is -3.60. The molecule has 0 bridgehead atoms. The lowest BCUT2D eigenvalue weighted by Gasteiger charge is -2.10. The van der Waals surface area contributed by atoms with Crippen molar-refractivity contribution in [2.75, 3.05) is 12.4 Å². The molecule has 3 N–H and O–H groups in total. The van der Waals surface area contributed by atoms with Crippen LogP contribution in [-0.4, -0.2) is 38.4 Å². The Morgan fingerprint density at radius 1 is 1.18 bits per heavy atom. The maximum Gasteiger partial charge on any atom is 0.339 e. The summed E-state index contributed by atoms with van der Waals surface area (Å²) in [5, 5.41) is 2.70. The van der Waals surface area contributed by atoms with Gasteiger partial charge >= 0.3 is 5.97 Å². The summed E-state index contributed by atoms with van der Waals surface area (Å²) >= 11 is 0. The molecule has 0 aliphatic heterocycles. The number of carbonyl (C=O) groups is 2. The number of benzene rings is 1. The van der Waals surface area contributed by atoms with Crippen LogP contribution in [0.5, 0.6) is 0 Å². The van der Waals surface area contributed by atoms with E-state index >= 15 is 0 Å². The minimum absolute atomic E-state index is 0.108. The third-order valence-corrected chi connectivity index (χ3v) is 5.79. The zero-order chi connectivity index (χ0) is 21.1. The molecule has 0 spiro atoms. The number of hydrogen-bond donors (Lipinski definition) is 3. The quantitative estimate of drug-likeness (QED) is 0.610. The van der Waals surface area contributed by atoms with E-state index in [9.17, 15) is 18.0 Å². The van der Waals surface area contributed by atoms with Crippen molar-refractivity contribution in [1.29, 1.82) is 0 Å². The lowest BCUT2D eigenvalue weighted by Crippen LogP contribution is -2.30. The zero-order valence-electron chi connectivity index (χ0n) is 16.5. The maximum absolute atomic E-state index is 12.6. The molecule has 0 aliphatic carbocycles.